The lowest BCUT2D eigenvalue weighted by molar-refractivity contribution is 0.0918. The quantitative estimate of drug-likeness (QED) is 0.847. The van der Waals surface area contributed by atoms with Crippen molar-refractivity contribution in [1.29, 1.82) is 0 Å². The highest BCUT2D eigenvalue weighted by Crippen LogP contribution is 2.30. The van der Waals surface area contributed by atoms with Crippen LogP contribution in [0.5, 0.6) is 0 Å². The van der Waals surface area contributed by atoms with Crippen LogP contribution in [0.25, 0.3) is 0 Å². The third-order valence-electron chi connectivity index (χ3n) is 4.44. The van der Waals surface area contributed by atoms with Crippen LogP contribution >= 0.6 is 0 Å². The van der Waals surface area contributed by atoms with Gasteiger partial charge in [-0.2, -0.15) is 5.10 Å². The number of nitrogens with zero attached hydrogens (tertiary/aromatic N) is 4. The fourth-order valence-corrected chi connectivity index (χ4v) is 3.40. The van der Waals surface area contributed by atoms with E-state index in [1.54, 1.807) is 6.33 Å². The van der Waals surface area contributed by atoms with Gasteiger partial charge in [-0.1, -0.05) is 19.3 Å². The number of aromatic nitrogens is 3. The van der Waals surface area contributed by atoms with E-state index in [1.165, 1.54) is 38.6 Å². The summed E-state index contributed by atoms with van der Waals surface area (Å²) in [7, 11) is 1.97. The summed E-state index contributed by atoms with van der Waals surface area (Å²) in [6.07, 6.45) is 8.49. The number of nitrogens with one attached hydrogen (secondary N) is 1. The maximum atomic E-state index is 4.33. The highest BCUT2D eigenvalue weighted by atomic mass is 15.3. The van der Waals surface area contributed by atoms with Gasteiger partial charge in [0.05, 0.1) is 6.54 Å². The van der Waals surface area contributed by atoms with Crippen molar-refractivity contribution in [3.8, 4) is 0 Å². The van der Waals surface area contributed by atoms with Crippen molar-refractivity contribution in [1.82, 2.24) is 25.0 Å². The number of rotatable bonds is 2. The van der Waals surface area contributed by atoms with Gasteiger partial charge >= 0.3 is 0 Å². The first kappa shape index (κ1) is 12.1. The van der Waals surface area contributed by atoms with E-state index in [-0.39, 0.29) is 0 Å². The van der Waals surface area contributed by atoms with Crippen molar-refractivity contribution >= 4 is 0 Å². The van der Waals surface area contributed by atoms with Crippen LogP contribution in [0, 0.1) is 0 Å². The van der Waals surface area contributed by atoms with Gasteiger partial charge in [-0.25, -0.2) is 4.98 Å². The lowest BCUT2D eigenvalue weighted by Crippen LogP contribution is -2.60. The van der Waals surface area contributed by atoms with Crippen LogP contribution in [0.15, 0.2) is 6.33 Å². The Balaban J connectivity index is 1.65. The molecule has 18 heavy (non-hydrogen) atoms. The van der Waals surface area contributed by atoms with Crippen molar-refractivity contribution in [2.75, 3.05) is 19.6 Å². The minimum atomic E-state index is 0.384. The van der Waals surface area contributed by atoms with Gasteiger partial charge in [0.25, 0.3) is 0 Å². The predicted molar refractivity (Wildman–Crippen MR) is 70.1 cm³/mol. The minimum absolute atomic E-state index is 0.384. The summed E-state index contributed by atoms with van der Waals surface area (Å²) in [4.78, 5) is 6.87. The van der Waals surface area contributed by atoms with Gasteiger partial charge in [-0.05, 0) is 12.8 Å². The van der Waals surface area contributed by atoms with Gasteiger partial charge in [-0.15, -0.1) is 0 Å². The van der Waals surface area contributed by atoms with E-state index < -0.39 is 0 Å². The second kappa shape index (κ2) is 4.97. The third-order valence-corrected chi connectivity index (χ3v) is 4.44. The van der Waals surface area contributed by atoms with Crippen LogP contribution in [0.3, 0.4) is 0 Å². The average molecular weight is 249 g/mol. The molecule has 1 aliphatic carbocycles. The Kier molecular flexibility index (Phi) is 3.35. The van der Waals surface area contributed by atoms with E-state index in [1.807, 2.05) is 11.7 Å². The molecule has 100 valence electrons. The molecule has 2 aliphatic rings. The first-order valence-corrected chi connectivity index (χ1v) is 7.08. The van der Waals surface area contributed by atoms with Crippen molar-refractivity contribution < 1.29 is 0 Å². The molecule has 1 saturated heterocycles. The second-order valence-corrected chi connectivity index (χ2v) is 5.78. The number of aryl methyl sites for hydroxylation is 1. The molecule has 2 heterocycles. The highest BCUT2D eigenvalue weighted by molar-refractivity contribution is 4.98. The van der Waals surface area contributed by atoms with Crippen LogP contribution in [-0.2, 0) is 13.6 Å². The largest absolute Gasteiger partial charge is 0.309 e. The molecular formula is C13H23N5. The van der Waals surface area contributed by atoms with Crippen molar-refractivity contribution in [3.05, 3.63) is 12.2 Å². The molecule has 0 unspecified atom stereocenters. The zero-order valence-electron chi connectivity index (χ0n) is 11.2. The summed E-state index contributed by atoms with van der Waals surface area (Å²) in [5.74, 6) is 1.07. The van der Waals surface area contributed by atoms with Gasteiger partial charge in [0, 0.05) is 32.2 Å². The number of hydrogen-bond donors (Lipinski definition) is 1. The Hall–Kier alpha value is -0.940. The summed E-state index contributed by atoms with van der Waals surface area (Å²) >= 11 is 0. The minimum Gasteiger partial charge on any atom is -0.309 e. The third kappa shape index (κ3) is 2.42. The fraction of sp³-hybridized carbons (Fsp3) is 0.846. The first-order valence-electron chi connectivity index (χ1n) is 7.08. The van der Waals surface area contributed by atoms with Crippen molar-refractivity contribution in [3.63, 3.8) is 0 Å². The monoisotopic (exact) mass is 249 g/mol. The maximum absolute atomic E-state index is 4.33. The standard InChI is InChI=1S/C13H23N5/c1-17-12(14-11-16-17)9-18-8-7-15-13(10-18)5-3-2-4-6-13/h11,15H,2-10H2,1H3. The summed E-state index contributed by atoms with van der Waals surface area (Å²) in [6, 6.07) is 0. The molecular weight excluding hydrogens is 226 g/mol. The molecule has 0 radical (unpaired) electrons. The SMILES string of the molecule is Cn1ncnc1CN1CCNC2(CCCCC2)C1. The van der Waals surface area contributed by atoms with Crippen molar-refractivity contribution in [2.45, 2.75) is 44.2 Å². The lowest BCUT2D eigenvalue weighted by Gasteiger charge is -2.46. The van der Waals surface area contributed by atoms with E-state index in [4.69, 9.17) is 0 Å². The number of piperazine rings is 1. The topological polar surface area (TPSA) is 46.0 Å². The summed E-state index contributed by atoms with van der Waals surface area (Å²) in [5.41, 5.74) is 0.384. The Bertz CT molecular complexity index is 388. The Labute approximate surface area is 109 Å². The maximum Gasteiger partial charge on any atom is 0.140 e. The molecule has 1 aromatic heterocycles. The highest BCUT2D eigenvalue weighted by Gasteiger charge is 2.36. The molecule has 1 N–H and O–H groups in total. The molecule has 1 aromatic rings. The van der Waals surface area contributed by atoms with Crippen LogP contribution in [0.4, 0.5) is 0 Å². The molecule has 0 amide bonds. The molecule has 0 atom stereocenters. The predicted octanol–water partition coefficient (Wildman–Crippen LogP) is 0.923. The molecule has 1 spiro atoms. The summed E-state index contributed by atoms with van der Waals surface area (Å²) in [6.45, 7) is 4.33. The molecule has 5 heteroatoms. The lowest BCUT2D eigenvalue weighted by atomic mass is 9.80. The van der Waals surface area contributed by atoms with E-state index in [2.05, 4.69) is 20.3 Å². The molecule has 2 fully saturated rings. The van der Waals surface area contributed by atoms with Crippen molar-refractivity contribution in [2.24, 2.45) is 7.05 Å². The second-order valence-electron chi connectivity index (χ2n) is 5.78. The smallest absolute Gasteiger partial charge is 0.140 e. The summed E-state index contributed by atoms with van der Waals surface area (Å²) in [5, 5.41) is 7.92. The Morgan fingerprint density at radius 2 is 2.17 bits per heavy atom. The summed E-state index contributed by atoms with van der Waals surface area (Å²) < 4.78 is 1.88. The fourth-order valence-electron chi connectivity index (χ4n) is 3.40. The molecule has 1 aliphatic heterocycles. The van der Waals surface area contributed by atoms with Gasteiger partial charge in [0.2, 0.25) is 0 Å². The molecule has 0 aromatic carbocycles. The van der Waals surface area contributed by atoms with Crippen LogP contribution in [0.1, 0.15) is 37.9 Å². The molecule has 5 nitrogen and oxygen atoms in total. The normalized spacial score (nSPS) is 24.5. The van der Waals surface area contributed by atoms with E-state index >= 15 is 0 Å². The van der Waals surface area contributed by atoms with E-state index in [0.717, 1.165) is 25.5 Å². The molecule has 0 bridgehead atoms. The molecule has 3 rings (SSSR count). The van der Waals surface area contributed by atoms with E-state index in [9.17, 15) is 0 Å². The van der Waals surface area contributed by atoms with E-state index in [0.29, 0.717) is 5.54 Å². The van der Waals surface area contributed by atoms with Gasteiger partial charge in [0.15, 0.2) is 0 Å². The van der Waals surface area contributed by atoms with Crippen LogP contribution in [-0.4, -0.2) is 44.8 Å². The van der Waals surface area contributed by atoms with Gasteiger partial charge in [-0.3, -0.25) is 9.58 Å². The van der Waals surface area contributed by atoms with Gasteiger partial charge < -0.3 is 5.32 Å². The Morgan fingerprint density at radius 1 is 1.33 bits per heavy atom. The zero-order valence-corrected chi connectivity index (χ0v) is 11.2. The zero-order chi connectivity index (χ0) is 12.4. The Morgan fingerprint density at radius 3 is 2.89 bits per heavy atom. The van der Waals surface area contributed by atoms with Gasteiger partial charge in [0.1, 0.15) is 12.2 Å². The first-order chi connectivity index (χ1) is 8.77. The van der Waals surface area contributed by atoms with Crippen LogP contribution in [0.2, 0.25) is 0 Å². The van der Waals surface area contributed by atoms with Crippen LogP contribution < -0.4 is 5.32 Å². The number of hydrogen-bond acceptors (Lipinski definition) is 4. The molecule has 1 saturated carbocycles. The average Bonchev–Trinajstić information content (AvgIpc) is 2.76.